The summed E-state index contributed by atoms with van der Waals surface area (Å²) in [4.78, 5) is 14.5. The third-order valence-corrected chi connectivity index (χ3v) is 3.97. The Morgan fingerprint density at radius 3 is 2.70 bits per heavy atom. The summed E-state index contributed by atoms with van der Waals surface area (Å²) in [6, 6.07) is 9.74. The molecule has 0 spiro atoms. The standard InChI is InChI=1S/C18H24N2O3/c1-4-20(5-2)17(14-7-6-8-16(11-14)22-3)12-19-18(21)15-9-10-23-13-15/h6-11,13,17H,4-5,12H2,1-3H3,(H,19,21)/t17-/m0/s1. The number of rotatable bonds is 8. The second-order valence-corrected chi connectivity index (χ2v) is 5.24. The maximum Gasteiger partial charge on any atom is 0.254 e. The fourth-order valence-corrected chi connectivity index (χ4v) is 2.66. The molecule has 23 heavy (non-hydrogen) atoms. The molecule has 1 atom stereocenters. The van der Waals surface area contributed by atoms with Crippen LogP contribution >= 0.6 is 0 Å². The van der Waals surface area contributed by atoms with E-state index in [0.29, 0.717) is 12.1 Å². The summed E-state index contributed by atoms with van der Waals surface area (Å²) in [5.41, 5.74) is 1.66. The van der Waals surface area contributed by atoms with Gasteiger partial charge < -0.3 is 14.5 Å². The van der Waals surface area contributed by atoms with Gasteiger partial charge in [-0.15, -0.1) is 0 Å². The molecule has 1 heterocycles. The number of hydrogen-bond donors (Lipinski definition) is 1. The minimum absolute atomic E-state index is 0.0935. The van der Waals surface area contributed by atoms with Gasteiger partial charge in [-0.1, -0.05) is 26.0 Å². The Morgan fingerprint density at radius 1 is 1.30 bits per heavy atom. The van der Waals surface area contributed by atoms with Crippen molar-refractivity contribution in [3.8, 4) is 5.75 Å². The smallest absolute Gasteiger partial charge is 0.254 e. The molecule has 0 unspecified atom stereocenters. The number of carbonyl (C=O) groups is 1. The Kier molecular flexibility index (Phi) is 6.23. The van der Waals surface area contributed by atoms with Crippen molar-refractivity contribution in [3.05, 3.63) is 54.0 Å². The van der Waals surface area contributed by atoms with Crippen molar-refractivity contribution in [2.75, 3.05) is 26.7 Å². The van der Waals surface area contributed by atoms with E-state index in [1.807, 2.05) is 18.2 Å². The second-order valence-electron chi connectivity index (χ2n) is 5.24. The molecule has 1 aromatic carbocycles. The number of ether oxygens (including phenoxy) is 1. The highest BCUT2D eigenvalue weighted by Crippen LogP contribution is 2.23. The molecule has 0 radical (unpaired) electrons. The van der Waals surface area contributed by atoms with Crippen LogP contribution in [-0.2, 0) is 0 Å². The zero-order valence-electron chi connectivity index (χ0n) is 13.9. The SMILES string of the molecule is CCN(CC)[C@@H](CNC(=O)c1ccoc1)c1cccc(OC)c1. The number of nitrogens with zero attached hydrogens (tertiary/aromatic N) is 1. The predicted molar refractivity (Wildman–Crippen MR) is 89.7 cm³/mol. The minimum Gasteiger partial charge on any atom is -0.497 e. The number of likely N-dealkylation sites (N-methyl/N-ethyl adjacent to an activating group) is 1. The third kappa shape index (κ3) is 4.36. The highest BCUT2D eigenvalue weighted by molar-refractivity contribution is 5.93. The predicted octanol–water partition coefficient (Wildman–Crippen LogP) is 3.10. The quantitative estimate of drug-likeness (QED) is 0.813. The van der Waals surface area contributed by atoms with Gasteiger partial charge >= 0.3 is 0 Å². The Balaban J connectivity index is 2.15. The summed E-state index contributed by atoms with van der Waals surface area (Å²) >= 11 is 0. The molecular formula is C18H24N2O3. The third-order valence-electron chi connectivity index (χ3n) is 3.97. The van der Waals surface area contributed by atoms with Crippen molar-refractivity contribution in [2.24, 2.45) is 0 Å². The lowest BCUT2D eigenvalue weighted by molar-refractivity contribution is 0.0934. The Morgan fingerprint density at radius 2 is 2.09 bits per heavy atom. The average molecular weight is 316 g/mol. The zero-order chi connectivity index (χ0) is 16.7. The van der Waals surface area contributed by atoms with Crippen molar-refractivity contribution in [3.63, 3.8) is 0 Å². The molecule has 0 fully saturated rings. The number of furan rings is 1. The molecule has 0 saturated heterocycles. The molecule has 0 bridgehead atoms. The number of methoxy groups -OCH3 is 1. The van der Waals surface area contributed by atoms with E-state index in [2.05, 4.69) is 30.1 Å². The van der Waals surface area contributed by atoms with Gasteiger partial charge in [0.15, 0.2) is 0 Å². The monoisotopic (exact) mass is 316 g/mol. The van der Waals surface area contributed by atoms with Gasteiger partial charge in [-0.3, -0.25) is 9.69 Å². The van der Waals surface area contributed by atoms with Crippen molar-refractivity contribution in [2.45, 2.75) is 19.9 Å². The molecule has 2 aromatic rings. The molecule has 5 heteroatoms. The van der Waals surface area contributed by atoms with E-state index in [4.69, 9.17) is 9.15 Å². The molecule has 0 saturated carbocycles. The fraction of sp³-hybridized carbons (Fsp3) is 0.389. The van der Waals surface area contributed by atoms with E-state index < -0.39 is 0 Å². The highest BCUT2D eigenvalue weighted by Gasteiger charge is 2.20. The summed E-state index contributed by atoms with van der Waals surface area (Å²) < 4.78 is 10.3. The van der Waals surface area contributed by atoms with Crippen LogP contribution < -0.4 is 10.1 Å². The van der Waals surface area contributed by atoms with Gasteiger partial charge in [0.2, 0.25) is 0 Å². The molecular weight excluding hydrogens is 292 g/mol. The first-order valence-corrected chi connectivity index (χ1v) is 7.88. The molecule has 1 N–H and O–H groups in total. The summed E-state index contributed by atoms with van der Waals surface area (Å²) in [6.07, 6.45) is 2.95. The van der Waals surface area contributed by atoms with Crippen LogP contribution in [0.2, 0.25) is 0 Å². The molecule has 1 aromatic heterocycles. The van der Waals surface area contributed by atoms with Gasteiger partial charge in [-0.2, -0.15) is 0 Å². The van der Waals surface area contributed by atoms with E-state index in [-0.39, 0.29) is 11.9 Å². The molecule has 0 aliphatic rings. The lowest BCUT2D eigenvalue weighted by Crippen LogP contribution is -2.38. The van der Waals surface area contributed by atoms with Crippen LogP contribution in [0.5, 0.6) is 5.75 Å². The summed E-state index contributed by atoms with van der Waals surface area (Å²) in [5.74, 6) is 0.694. The van der Waals surface area contributed by atoms with Gasteiger partial charge in [0, 0.05) is 6.54 Å². The lowest BCUT2D eigenvalue weighted by atomic mass is 10.0. The van der Waals surface area contributed by atoms with E-state index >= 15 is 0 Å². The Labute approximate surface area is 137 Å². The first-order chi connectivity index (χ1) is 11.2. The Hall–Kier alpha value is -2.27. The second kappa shape index (κ2) is 8.39. The minimum atomic E-state index is -0.126. The maximum absolute atomic E-state index is 12.1. The van der Waals surface area contributed by atoms with Gasteiger partial charge in [-0.05, 0) is 36.9 Å². The normalized spacial score (nSPS) is 12.2. The molecule has 2 rings (SSSR count). The first kappa shape index (κ1) is 17.1. The van der Waals surface area contributed by atoms with E-state index in [1.165, 1.54) is 12.5 Å². The summed E-state index contributed by atoms with van der Waals surface area (Å²) in [6.45, 7) is 6.57. The molecule has 0 aliphatic carbocycles. The number of carbonyl (C=O) groups excluding carboxylic acids is 1. The topological polar surface area (TPSA) is 54.7 Å². The van der Waals surface area contributed by atoms with Crippen LogP contribution in [0.3, 0.4) is 0 Å². The van der Waals surface area contributed by atoms with Crippen LogP contribution in [0.4, 0.5) is 0 Å². The van der Waals surface area contributed by atoms with Crippen LogP contribution in [0, 0.1) is 0 Å². The van der Waals surface area contributed by atoms with Gasteiger partial charge in [-0.25, -0.2) is 0 Å². The van der Waals surface area contributed by atoms with E-state index in [9.17, 15) is 4.79 Å². The van der Waals surface area contributed by atoms with E-state index in [1.54, 1.807) is 13.2 Å². The van der Waals surface area contributed by atoms with Crippen LogP contribution in [0.1, 0.15) is 35.8 Å². The lowest BCUT2D eigenvalue weighted by Gasteiger charge is -2.30. The van der Waals surface area contributed by atoms with Crippen LogP contribution in [0.25, 0.3) is 0 Å². The fourth-order valence-electron chi connectivity index (χ4n) is 2.66. The van der Waals surface area contributed by atoms with E-state index in [0.717, 1.165) is 24.4 Å². The van der Waals surface area contributed by atoms with Crippen molar-refractivity contribution in [1.29, 1.82) is 0 Å². The molecule has 5 nitrogen and oxygen atoms in total. The maximum atomic E-state index is 12.1. The van der Waals surface area contributed by atoms with Gasteiger partial charge in [0.1, 0.15) is 12.0 Å². The molecule has 124 valence electrons. The number of benzene rings is 1. The number of amides is 1. The van der Waals surface area contributed by atoms with Gasteiger partial charge in [0.05, 0.1) is 25.0 Å². The summed E-state index contributed by atoms with van der Waals surface area (Å²) in [5, 5.41) is 2.99. The van der Waals surface area contributed by atoms with Crippen LogP contribution in [0.15, 0.2) is 47.3 Å². The molecule has 1 amide bonds. The van der Waals surface area contributed by atoms with Crippen molar-refractivity contribution >= 4 is 5.91 Å². The summed E-state index contributed by atoms with van der Waals surface area (Å²) in [7, 11) is 1.66. The van der Waals surface area contributed by atoms with Crippen LogP contribution in [-0.4, -0.2) is 37.6 Å². The molecule has 0 aliphatic heterocycles. The Bertz CT molecular complexity index is 606. The van der Waals surface area contributed by atoms with Crippen molar-refractivity contribution in [1.82, 2.24) is 10.2 Å². The average Bonchev–Trinajstić information content (AvgIpc) is 3.13. The number of hydrogen-bond acceptors (Lipinski definition) is 4. The zero-order valence-corrected chi connectivity index (χ0v) is 13.9. The van der Waals surface area contributed by atoms with Gasteiger partial charge in [0.25, 0.3) is 5.91 Å². The largest absolute Gasteiger partial charge is 0.497 e. The number of nitrogens with one attached hydrogen (secondary N) is 1. The first-order valence-electron chi connectivity index (χ1n) is 7.88. The van der Waals surface area contributed by atoms with Crippen molar-refractivity contribution < 1.29 is 13.9 Å². The highest BCUT2D eigenvalue weighted by atomic mass is 16.5.